The standard InChI is InChI=1S/C13H24N2O2/c1-13(6-2-3-7-13)10-14-12(17)15-8-4-5-11(16)9-15/h11,16H,2-10H2,1H3,(H,14,17). The van der Waals surface area contributed by atoms with Crippen molar-refractivity contribution in [2.75, 3.05) is 19.6 Å². The molecular weight excluding hydrogens is 216 g/mol. The van der Waals surface area contributed by atoms with Crippen LogP contribution in [0, 0.1) is 5.41 Å². The first-order chi connectivity index (χ1) is 8.09. The summed E-state index contributed by atoms with van der Waals surface area (Å²) in [6, 6.07) is -0.00289. The minimum atomic E-state index is -0.337. The molecule has 2 N–H and O–H groups in total. The maximum absolute atomic E-state index is 11.9. The molecule has 1 saturated carbocycles. The molecule has 0 aromatic heterocycles. The van der Waals surface area contributed by atoms with Gasteiger partial charge in [-0.25, -0.2) is 4.79 Å². The Morgan fingerprint density at radius 2 is 2.12 bits per heavy atom. The molecule has 2 amide bonds. The van der Waals surface area contributed by atoms with Crippen molar-refractivity contribution in [2.45, 2.75) is 51.6 Å². The van der Waals surface area contributed by atoms with Crippen molar-refractivity contribution in [3.63, 3.8) is 0 Å². The van der Waals surface area contributed by atoms with Gasteiger partial charge in [-0.15, -0.1) is 0 Å². The van der Waals surface area contributed by atoms with Crippen molar-refractivity contribution >= 4 is 6.03 Å². The molecule has 1 heterocycles. The van der Waals surface area contributed by atoms with E-state index in [9.17, 15) is 9.90 Å². The van der Waals surface area contributed by atoms with E-state index < -0.39 is 0 Å². The fraction of sp³-hybridized carbons (Fsp3) is 0.923. The maximum Gasteiger partial charge on any atom is 0.317 e. The molecule has 1 atom stereocenters. The monoisotopic (exact) mass is 240 g/mol. The number of likely N-dealkylation sites (tertiary alicyclic amines) is 1. The van der Waals surface area contributed by atoms with Gasteiger partial charge in [-0.2, -0.15) is 0 Å². The Bertz CT molecular complexity index is 275. The van der Waals surface area contributed by atoms with Crippen LogP contribution in [0.4, 0.5) is 4.79 Å². The summed E-state index contributed by atoms with van der Waals surface area (Å²) < 4.78 is 0. The van der Waals surface area contributed by atoms with Crippen LogP contribution in [0.25, 0.3) is 0 Å². The molecule has 1 unspecified atom stereocenters. The van der Waals surface area contributed by atoms with Crippen LogP contribution in [0.5, 0.6) is 0 Å². The van der Waals surface area contributed by atoms with Crippen molar-refractivity contribution in [1.29, 1.82) is 0 Å². The lowest BCUT2D eigenvalue weighted by atomic mass is 9.89. The molecule has 0 aromatic rings. The molecule has 4 nitrogen and oxygen atoms in total. The second-order valence-corrected chi connectivity index (χ2v) is 5.92. The van der Waals surface area contributed by atoms with E-state index in [0.29, 0.717) is 12.0 Å². The third-order valence-electron chi connectivity index (χ3n) is 4.16. The number of carbonyl (C=O) groups excluding carboxylic acids is 1. The summed E-state index contributed by atoms with van der Waals surface area (Å²) in [5.41, 5.74) is 0.296. The van der Waals surface area contributed by atoms with E-state index in [1.807, 2.05) is 0 Å². The summed E-state index contributed by atoms with van der Waals surface area (Å²) in [6.07, 6.45) is 6.40. The average Bonchev–Trinajstić information content (AvgIpc) is 2.74. The number of hydrogen-bond donors (Lipinski definition) is 2. The van der Waals surface area contributed by atoms with Gasteiger partial charge in [0.15, 0.2) is 0 Å². The Morgan fingerprint density at radius 3 is 2.76 bits per heavy atom. The number of nitrogens with zero attached hydrogens (tertiary/aromatic N) is 1. The van der Waals surface area contributed by atoms with Gasteiger partial charge in [0.1, 0.15) is 0 Å². The predicted octanol–water partition coefficient (Wildman–Crippen LogP) is 1.73. The van der Waals surface area contributed by atoms with Crippen LogP contribution in [0.2, 0.25) is 0 Å². The Morgan fingerprint density at radius 1 is 1.41 bits per heavy atom. The number of nitrogens with one attached hydrogen (secondary N) is 1. The number of carbonyl (C=O) groups is 1. The van der Waals surface area contributed by atoms with Crippen LogP contribution in [0.15, 0.2) is 0 Å². The third kappa shape index (κ3) is 3.35. The summed E-state index contributed by atoms with van der Waals surface area (Å²) in [7, 11) is 0. The van der Waals surface area contributed by atoms with Crippen LogP contribution < -0.4 is 5.32 Å². The normalized spacial score (nSPS) is 28.1. The van der Waals surface area contributed by atoms with E-state index in [2.05, 4.69) is 12.2 Å². The van der Waals surface area contributed by atoms with Crippen LogP contribution >= 0.6 is 0 Å². The molecule has 4 heteroatoms. The predicted molar refractivity (Wildman–Crippen MR) is 66.8 cm³/mol. The molecule has 0 radical (unpaired) electrons. The largest absolute Gasteiger partial charge is 0.391 e. The van der Waals surface area contributed by atoms with Crippen LogP contribution in [-0.4, -0.2) is 41.8 Å². The highest BCUT2D eigenvalue weighted by Gasteiger charge is 2.30. The summed E-state index contributed by atoms with van der Waals surface area (Å²) in [4.78, 5) is 13.7. The molecule has 0 spiro atoms. The second-order valence-electron chi connectivity index (χ2n) is 5.92. The van der Waals surface area contributed by atoms with Crippen molar-refractivity contribution in [3.8, 4) is 0 Å². The van der Waals surface area contributed by atoms with Gasteiger partial charge in [0.2, 0.25) is 0 Å². The topological polar surface area (TPSA) is 52.6 Å². The van der Waals surface area contributed by atoms with Gasteiger partial charge in [-0.05, 0) is 31.1 Å². The minimum absolute atomic E-state index is 0.00289. The molecule has 17 heavy (non-hydrogen) atoms. The van der Waals surface area contributed by atoms with Gasteiger partial charge < -0.3 is 15.3 Å². The highest BCUT2D eigenvalue weighted by molar-refractivity contribution is 5.74. The lowest BCUT2D eigenvalue weighted by molar-refractivity contribution is 0.0832. The van der Waals surface area contributed by atoms with Crippen LogP contribution in [0.1, 0.15) is 45.4 Å². The van der Waals surface area contributed by atoms with Gasteiger partial charge in [-0.3, -0.25) is 0 Å². The molecule has 1 saturated heterocycles. The number of piperidine rings is 1. The number of aliphatic hydroxyl groups excluding tert-OH is 1. The smallest absolute Gasteiger partial charge is 0.317 e. The summed E-state index contributed by atoms with van der Waals surface area (Å²) >= 11 is 0. The van der Waals surface area contributed by atoms with E-state index in [0.717, 1.165) is 25.9 Å². The number of aliphatic hydroxyl groups is 1. The van der Waals surface area contributed by atoms with E-state index in [4.69, 9.17) is 0 Å². The number of β-amino-alcohol motifs (C(OH)–C–C–N with tert-alkyl or cyclic N) is 1. The lowest BCUT2D eigenvalue weighted by Gasteiger charge is -2.32. The van der Waals surface area contributed by atoms with Gasteiger partial charge >= 0.3 is 6.03 Å². The number of hydrogen-bond acceptors (Lipinski definition) is 2. The van der Waals surface area contributed by atoms with Crippen molar-refractivity contribution in [1.82, 2.24) is 10.2 Å². The van der Waals surface area contributed by atoms with Crippen molar-refractivity contribution in [3.05, 3.63) is 0 Å². The van der Waals surface area contributed by atoms with Gasteiger partial charge in [0.25, 0.3) is 0 Å². The third-order valence-corrected chi connectivity index (χ3v) is 4.16. The molecule has 0 aromatic carbocycles. The first-order valence-electron chi connectivity index (χ1n) is 6.80. The molecule has 2 fully saturated rings. The van der Waals surface area contributed by atoms with Gasteiger partial charge in [-0.1, -0.05) is 19.8 Å². The Labute approximate surface area is 103 Å². The van der Waals surface area contributed by atoms with Gasteiger partial charge in [0.05, 0.1) is 6.10 Å². The Hall–Kier alpha value is -0.770. The molecular formula is C13H24N2O2. The van der Waals surface area contributed by atoms with Crippen molar-refractivity contribution in [2.24, 2.45) is 5.41 Å². The molecule has 1 aliphatic heterocycles. The summed E-state index contributed by atoms with van der Waals surface area (Å²) in [5.74, 6) is 0. The average molecular weight is 240 g/mol. The highest BCUT2D eigenvalue weighted by atomic mass is 16.3. The fourth-order valence-corrected chi connectivity index (χ4v) is 2.95. The van der Waals surface area contributed by atoms with E-state index in [-0.39, 0.29) is 12.1 Å². The zero-order valence-electron chi connectivity index (χ0n) is 10.7. The summed E-state index contributed by atoms with van der Waals surface area (Å²) in [6.45, 7) is 4.30. The molecule has 2 aliphatic rings. The van der Waals surface area contributed by atoms with E-state index in [1.165, 1.54) is 25.7 Å². The first-order valence-corrected chi connectivity index (χ1v) is 6.80. The van der Waals surface area contributed by atoms with Crippen LogP contribution in [0.3, 0.4) is 0 Å². The molecule has 0 bridgehead atoms. The highest BCUT2D eigenvalue weighted by Crippen LogP contribution is 2.36. The van der Waals surface area contributed by atoms with Crippen molar-refractivity contribution < 1.29 is 9.90 Å². The summed E-state index contributed by atoms with van der Waals surface area (Å²) in [5, 5.41) is 12.6. The lowest BCUT2D eigenvalue weighted by Crippen LogP contribution is -2.48. The first kappa shape index (κ1) is 12.7. The number of urea groups is 1. The fourth-order valence-electron chi connectivity index (χ4n) is 2.95. The zero-order chi connectivity index (χ0) is 12.3. The molecule has 1 aliphatic carbocycles. The number of amides is 2. The second kappa shape index (κ2) is 5.25. The SMILES string of the molecule is CC1(CNC(=O)N2CCCC(O)C2)CCCC1. The Kier molecular flexibility index (Phi) is 3.92. The molecule has 98 valence electrons. The van der Waals surface area contributed by atoms with E-state index >= 15 is 0 Å². The molecule has 2 rings (SSSR count). The Balaban J connectivity index is 1.76. The minimum Gasteiger partial charge on any atom is -0.391 e. The number of rotatable bonds is 2. The van der Waals surface area contributed by atoms with Crippen LogP contribution in [-0.2, 0) is 0 Å². The quantitative estimate of drug-likeness (QED) is 0.772. The maximum atomic E-state index is 11.9. The van der Waals surface area contributed by atoms with Gasteiger partial charge in [0, 0.05) is 19.6 Å². The zero-order valence-corrected chi connectivity index (χ0v) is 10.7. The van der Waals surface area contributed by atoms with E-state index in [1.54, 1.807) is 4.90 Å².